The lowest BCUT2D eigenvalue weighted by Gasteiger charge is -2.32. The fourth-order valence-electron chi connectivity index (χ4n) is 2.44. The molecule has 1 fully saturated rings. The van der Waals surface area contributed by atoms with Crippen LogP contribution in [0.15, 0.2) is 17.0 Å². The van der Waals surface area contributed by atoms with Gasteiger partial charge in [-0.15, -0.1) is 0 Å². The van der Waals surface area contributed by atoms with E-state index in [2.05, 4.69) is 0 Å². The smallest absolute Gasteiger partial charge is 0.244 e. The van der Waals surface area contributed by atoms with Crippen LogP contribution in [-0.4, -0.2) is 31.3 Å². The number of carbonyl (C=O) groups is 1. The molecule has 1 aromatic rings. The zero-order valence-corrected chi connectivity index (χ0v) is 13.6. The van der Waals surface area contributed by atoms with Crippen molar-refractivity contribution in [3.63, 3.8) is 0 Å². The molecule has 2 rings (SSSR count). The first-order chi connectivity index (χ1) is 9.75. The van der Waals surface area contributed by atoms with Gasteiger partial charge in [0.05, 0.1) is 16.0 Å². The molecule has 5 nitrogen and oxygen atoms in total. The minimum absolute atomic E-state index is 0.0947. The predicted octanol–water partition coefficient (Wildman–Crippen LogP) is 1.92. The summed E-state index contributed by atoms with van der Waals surface area (Å²) in [6.45, 7) is 2.21. The quantitative estimate of drug-likeness (QED) is 0.834. The van der Waals surface area contributed by atoms with Gasteiger partial charge in [0.2, 0.25) is 10.0 Å². The Hall–Kier alpha value is -0.820. The third kappa shape index (κ3) is 3.18. The van der Waals surface area contributed by atoms with Gasteiger partial charge in [-0.25, -0.2) is 8.42 Å². The number of nitrogens with zero attached hydrogens (tertiary/aromatic N) is 1. The molecule has 1 aromatic carbocycles. The SMILES string of the molecule is C[C@H]1CCCCN1S(=O)(=O)c1cc(C(=O)[O-])c(Cl)cc1Cl. The number of carboxylic acid groups (broad SMARTS) is 1. The monoisotopic (exact) mass is 350 g/mol. The van der Waals surface area contributed by atoms with Crippen LogP contribution in [0.5, 0.6) is 0 Å². The maximum Gasteiger partial charge on any atom is 0.244 e. The number of benzene rings is 1. The van der Waals surface area contributed by atoms with Gasteiger partial charge in [0.15, 0.2) is 0 Å². The summed E-state index contributed by atoms with van der Waals surface area (Å²) < 4.78 is 26.7. The van der Waals surface area contributed by atoms with Crippen LogP contribution in [0.4, 0.5) is 0 Å². The highest BCUT2D eigenvalue weighted by Gasteiger charge is 2.33. The Morgan fingerprint density at radius 2 is 1.95 bits per heavy atom. The minimum Gasteiger partial charge on any atom is -0.545 e. The molecule has 1 heterocycles. The first-order valence-corrected chi connectivity index (χ1v) is 8.67. The zero-order chi connectivity index (χ0) is 15.8. The predicted molar refractivity (Wildman–Crippen MR) is 78.0 cm³/mol. The lowest BCUT2D eigenvalue weighted by atomic mass is 10.1. The lowest BCUT2D eigenvalue weighted by Crippen LogP contribution is -2.42. The van der Waals surface area contributed by atoms with Gasteiger partial charge in [-0.2, -0.15) is 4.31 Å². The van der Waals surface area contributed by atoms with Crippen molar-refractivity contribution in [2.24, 2.45) is 0 Å². The van der Waals surface area contributed by atoms with Gasteiger partial charge in [0.25, 0.3) is 0 Å². The number of aromatic carboxylic acids is 1. The summed E-state index contributed by atoms with van der Waals surface area (Å²) in [6, 6.07) is 1.94. The maximum absolute atomic E-state index is 12.7. The maximum atomic E-state index is 12.7. The highest BCUT2D eigenvalue weighted by Crippen LogP contribution is 2.33. The van der Waals surface area contributed by atoms with E-state index in [1.165, 1.54) is 4.31 Å². The molecule has 8 heteroatoms. The average Bonchev–Trinajstić information content (AvgIpc) is 2.38. The van der Waals surface area contributed by atoms with E-state index in [9.17, 15) is 18.3 Å². The van der Waals surface area contributed by atoms with Crippen LogP contribution < -0.4 is 5.11 Å². The largest absolute Gasteiger partial charge is 0.545 e. The van der Waals surface area contributed by atoms with Crippen molar-refractivity contribution in [1.82, 2.24) is 4.31 Å². The topological polar surface area (TPSA) is 77.5 Å². The molecule has 0 N–H and O–H groups in total. The van der Waals surface area contributed by atoms with Gasteiger partial charge in [0.1, 0.15) is 4.90 Å². The van der Waals surface area contributed by atoms with Crippen LogP contribution in [0.2, 0.25) is 10.0 Å². The molecule has 1 aliphatic heterocycles. The number of carboxylic acids is 1. The summed E-state index contributed by atoms with van der Waals surface area (Å²) in [5, 5.41) is 10.8. The fraction of sp³-hybridized carbons (Fsp3) is 0.462. The normalized spacial score (nSPS) is 20.4. The van der Waals surface area contributed by atoms with Crippen LogP contribution in [0.3, 0.4) is 0 Å². The molecule has 1 aliphatic rings. The molecule has 21 heavy (non-hydrogen) atoms. The van der Waals surface area contributed by atoms with Crippen molar-refractivity contribution in [2.45, 2.75) is 37.1 Å². The standard InChI is InChI=1S/C13H15Cl2NO4S/c1-8-4-2-3-5-16(8)21(19,20)12-6-9(13(17)18)10(14)7-11(12)15/h6-8H,2-5H2,1H3,(H,17,18)/p-1/t8-/m0/s1. The Bertz CT molecular complexity index is 675. The Morgan fingerprint density at radius 3 is 2.52 bits per heavy atom. The summed E-state index contributed by atoms with van der Waals surface area (Å²) in [5.74, 6) is -1.54. The molecule has 0 aliphatic carbocycles. The second-order valence-electron chi connectivity index (χ2n) is 5.01. The third-order valence-electron chi connectivity index (χ3n) is 3.57. The average molecular weight is 351 g/mol. The molecule has 0 bridgehead atoms. The van der Waals surface area contributed by atoms with E-state index in [-0.39, 0.29) is 26.5 Å². The third-order valence-corrected chi connectivity index (χ3v) is 6.36. The zero-order valence-electron chi connectivity index (χ0n) is 11.3. The second kappa shape index (κ2) is 6.12. The summed E-state index contributed by atoms with van der Waals surface area (Å²) in [7, 11) is -3.86. The molecule has 0 amide bonds. The molecule has 1 saturated heterocycles. The van der Waals surface area contributed by atoms with Gasteiger partial charge in [-0.3, -0.25) is 0 Å². The molecule has 0 spiro atoms. The molecule has 116 valence electrons. The number of carbonyl (C=O) groups excluding carboxylic acids is 1. The number of rotatable bonds is 3. The first kappa shape index (κ1) is 16.5. The molecule has 0 saturated carbocycles. The van der Waals surface area contributed by atoms with Gasteiger partial charge in [-0.1, -0.05) is 29.6 Å². The molecule has 0 aromatic heterocycles. The Morgan fingerprint density at radius 1 is 1.29 bits per heavy atom. The van der Waals surface area contributed by atoms with Crippen molar-refractivity contribution in [3.8, 4) is 0 Å². The van der Waals surface area contributed by atoms with E-state index < -0.39 is 16.0 Å². The Balaban J connectivity index is 2.54. The van der Waals surface area contributed by atoms with E-state index in [1.807, 2.05) is 6.92 Å². The van der Waals surface area contributed by atoms with Crippen LogP contribution in [0.1, 0.15) is 36.5 Å². The van der Waals surface area contributed by atoms with E-state index in [0.717, 1.165) is 31.4 Å². The van der Waals surface area contributed by atoms with E-state index in [4.69, 9.17) is 23.2 Å². The van der Waals surface area contributed by atoms with Gasteiger partial charge >= 0.3 is 0 Å². The summed E-state index contributed by atoms with van der Waals surface area (Å²) >= 11 is 11.7. The first-order valence-electron chi connectivity index (χ1n) is 6.47. The van der Waals surface area contributed by atoms with Crippen molar-refractivity contribution in [2.75, 3.05) is 6.54 Å². The molecule has 1 atom stereocenters. The van der Waals surface area contributed by atoms with Crippen molar-refractivity contribution < 1.29 is 18.3 Å². The summed E-state index contributed by atoms with van der Waals surface area (Å²) in [4.78, 5) is 10.8. The second-order valence-corrected chi connectivity index (χ2v) is 7.68. The highest BCUT2D eigenvalue weighted by atomic mass is 35.5. The van der Waals surface area contributed by atoms with E-state index >= 15 is 0 Å². The van der Waals surface area contributed by atoms with Gasteiger partial charge in [-0.05, 0) is 31.9 Å². The van der Waals surface area contributed by atoms with E-state index in [0.29, 0.717) is 6.54 Å². The van der Waals surface area contributed by atoms with Crippen LogP contribution in [0.25, 0.3) is 0 Å². The van der Waals surface area contributed by atoms with Gasteiger partial charge in [0, 0.05) is 18.2 Å². The molecule has 0 unspecified atom stereocenters. The van der Waals surface area contributed by atoms with Crippen LogP contribution in [0, 0.1) is 0 Å². The lowest BCUT2D eigenvalue weighted by molar-refractivity contribution is -0.255. The number of sulfonamides is 1. The molecule has 0 radical (unpaired) electrons. The Labute approximate surface area is 133 Å². The summed E-state index contributed by atoms with van der Waals surface area (Å²) in [5.41, 5.74) is -0.385. The number of piperidine rings is 1. The van der Waals surface area contributed by atoms with Gasteiger partial charge < -0.3 is 9.90 Å². The van der Waals surface area contributed by atoms with Crippen LogP contribution in [-0.2, 0) is 10.0 Å². The van der Waals surface area contributed by atoms with Crippen LogP contribution >= 0.6 is 23.2 Å². The minimum atomic E-state index is -3.86. The van der Waals surface area contributed by atoms with E-state index in [1.54, 1.807) is 0 Å². The molecular weight excluding hydrogens is 337 g/mol. The fourth-order valence-corrected chi connectivity index (χ4v) is 4.96. The summed E-state index contributed by atoms with van der Waals surface area (Å²) in [6.07, 6.45) is 2.49. The van der Waals surface area contributed by atoms with Crippen molar-refractivity contribution in [3.05, 3.63) is 27.7 Å². The highest BCUT2D eigenvalue weighted by molar-refractivity contribution is 7.89. The van der Waals surface area contributed by atoms with Crippen molar-refractivity contribution >= 4 is 39.2 Å². The number of halogens is 2. The molecular formula is C13H14Cl2NO4S-. The van der Waals surface area contributed by atoms with Crippen molar-refractivity contribution in [1.29, 1.82) is 0 Å². The number of hydrogen-bond donors (Lipinski definition) is 0. The Kier molecular flexibility index (Phi) is 4.82. The number of hydrogen-bond acceptors (Lipinski definition) is 4.